The Morgan fingerprint density at radius 3 is 2.53 bits per heavy atom. The molecule has 1 aromatic carbocycles. The number of hydrogen-bond donors (Lipinski definition) is 3. The number of hydrogen-bond acceptors (Lipinski definition) is 3. The number of carbonyl (C=O) groups excluding carboxylic acids is 1. The second kappa shape index (κ2) is 11.1. The van der Waals surface area contributed by atoms with Gasteiger partial charge in [-0.1, -0.05) is 62.8 Å². The molecule has 0 heterocycles. The molecule has 0 aliphatic heterocycles. The zero-order chi connectivity index (χ0) is 23.3. The first-order valence-corrected chi connectivity index (χ1v) is 12.5. The van der Waals surface area contributed by atoms with E-state index in [2.05, 4.69) is 31.8 Å². The van der Waals surface area contributed by atoms with Crippen molar-refractivity contribution in [2.24, 2.45) is 5.92 Å². The quantitative estimate of drug-likeness (QED) is 0.304. The number of unbranched alkanes of at least 4 members (excludes halogenated alkanes) is 2. The van der Waals surface area contributed by atoms with Crippen LogP contribution < -0.4 is 5.32 Å². The summed E-state index contributed by atoms with van der Waals surface area (Å²) in [6.07, 6.45) is 13.2. The van der Waals surface area contributed by atoms with Crippen LogP contribution in [0.1, 0.15) is 112 Å². The van der Waals surface area contributed by atoms with Crippen molar-refractivity contribution in [2.45, 2.75) is 103 Å². The van der Waals surface area contributed by atoms with E-state index in [0.717, 1.165) is 68.9 Å². The lowest BCUT2D eigenvalue weighted by Crippen LogP contribution is -2.36. The maximum absolute atomic E-state index is 13.4. The van der Waals surface area contributed by atoms with Crippen molar-refractivity contribution in [3.05, 3.63) is 46.6 Å². The highest BCUT2D eigenvalue weighted by molar-refractivity contribution is 5.99. The third-order valence-corrected chi connectivity index (χ3v) is 7.33. The van der Waals surface area contributed by atoms with Crippen molar-refractivity contribution in [3.63, 3.8) is 0 Å². The molecule has 1 fully saturated rings. The molecule has 1 amide bonds. The van der Waals surface area contributed by atoms with Crippen LogP contribution in [0.2, 0.25) is 0 Å². The van der Waals surface area contributed by atoms with E-state index in [-0.39, 0.29) is 35.3 Å². The highest BCUT2D eigenvalue weighted by Gasteiger charge is 2.33. The summed E-state index contributed by atoms with van der Waals surface area (Å²) in [4.78, 5) is 13.4. The van der Waals surface area contributed by atoms with E-state index in [0.29, 0.717) is 17.5 Å². The van der Waals surface area contributed by atoms with E-state index in [1.165, 1.54) is 12.0 Å². The minimum Gasteiger partial charge on any atom is -0.507 e. The molecule has 2 aliphatic rings. The number of carbonyl (C=O) groups is 1. The molecule has 3 N–H and O–H groups in total. The van der Waals surface area contributed by atoms with Gasteiger partial charge in [0.1, 0.15) is 11.5 Å². The Hall–Kier alpha value is -2.23. The molecule has 0 saturated heterocycles. The first kappa shape index (κ1) is 24.4. The standard InChI is InChI=1S/C28H41NO3/c1-5-6-8-11-20-17-24(30)26(23-16-19(4)14-15-22(23)18(2)3)27(31)25(20)28(32)29-21-12-9-7-10-13-21/h16-17,21-23,30-31H,2,5-15H2,1,3-4H3,(H,29,32). The summed E-state index contributed by atoms with van der Waals surface area (Å²) in [6.45, 7) is 10.4. The first-order valence-electron chi connectivity index (χ1n) is 12.5. The lowest BCUT2D eigenvalue weighted by Gasteiger charge is -2.32. The van der Waals surface area contributed by atoms with Crippen molar-refractivity contribution < 1.29 is 15.0 Å². The molecule has 4 heteroatoms. The maximum atomic E-state index is 13.4. The summed E-state index contributed by atoms with van der Waals surface area (Å²) in [5, 5.41) is 25.7. The third-order valence-electron chi connectivity index (χ3n) is 7.33. The predicted octanol–water partition coefficient (Wildman–Crippen LogP) is 6.91. The molecule has 0 aromatic heterocycles. The number of amides is 1. The predicted molar refractivity (Wildman–Crippen MR) is 131 cm³/mol. The van der Waals surface area contributed by atoms with Gasteiger partial charge in [0, 0.05) is 17.5 Å². The van der Waals surface area contributed by atoms with Gasteiger partial charge >= 0.3 is 0 Å². The Labute approximate surface area is 193 Å². The molecule has 3 rings (SSSR count). The van der Waals surface area contributed by atoms with Crippen molar-refractivity contribution in [2.75, 3.05) is 0 Å². The first-order chi connectivity index (χ1) is 15.3. The molecule has 0 radical (unpaired) electrons. The molecule has 2 atom stereocenters. The van der Waals surface area contributed by atoms with Gasteiger partial charge in [0.25, 0.3) is 5.91 Å². The Balaban J connectivity index is 2.04. The monoisotopic (exact) mass is 439 g/mol. The summed E-state index contributed by atoms with van der Waals surface area (Å²) in [5.41, 5.74) is 3.86. The van der Waals surface area contributed by atoms with Gasteiger partial charge in [-0.3, -0.25) is 4.79 Å². The third kappa shape index (κ3) is 5.57. The van der Waals surface area contributed by atoms with E-state index in [4.69, 9.17) is 0 Å². The Morgan fingerprint density at radius 1 is 1.16 bits per heavy atom. The number of phenolic OH excluding ortho intramolecular Hbond substituents is 2. The van der Waals surface area contributed by atoms with Crippen LogP contribution in [-0.4, -0.2) is 22.2 Å². The van der Waals surface area contributed by atoms with Crippen LogP contribution in [0.25, 0.3) is 0 Å². The lowest BCUT2D eigenvalue weighted by atomic mass is 9.73. The molecule has 1 saturated carbocycles. The number of aromatic hydroxyl groups is 2. The summed E-state index contributed by atoms with van der Waals surface area (Å²) < 4.78 is 0. The largest absolute Gasteiger partial charge is 0.507 e. The highest BCUT2D eigenvalue weighted by Crippen LogP contribution is 2.48. The van der Waals surface area contributed by atoms with Gasteiger partial charge < -0.3 is 15.5 Å². The molecule has 2 aliphatic carbocycles. The van der Waals surface area contributed by atoms with Crippen LogP contribution in [-0.2, 0) is 6.42 Å². The molecule has 0 spiro atoms. The smallest absolute Gasteiger partial charge is 0.255 e. The summed E-state index contributed by atoms with van der Waals surface area (Å²) >= 11 is 0. The van der Waals surface area contributed by atoms with E-state index >= 15 is 0 Å². The zero-order valence-electron chi connectivity index (χ0n) is 20.2. The molecule has 1 aromatic rings. The molecule has 4 nitrogen and oxygen atoms in total. The second-order valence-electron chi connectivity index (χ2n) is 9.99. The van der Waals surface area contributed by atoms with Gasteiger partial charge in [-0.05, 0) is 69.9 Å². The van der Waals surface area contributed by atoms with Crippen molar-refractivity contribution in [1.29, 1.82) is 0 Å². The Kier molecular flexibility index (Phi) is 8.44. The van der Waals surface area contributed by atoms with Gasteiger partial charge in [0.2, 0.25) is 0 Å². The van der Waals surface area contributed by atoms with Gasteiger partial charge in [-0.25, -0.2) is 0 Å². The topological polar surface area (TPSA) is 69.6 Å². The Bertz CT molecular complexity index is 864. The highest BCUT2D eigenvalue weighted by atomic mass is 16.3. The SMILES string of the molecule is C=C(C)C1CCC(C)=CC1c1c(O)cc(CCCCC)c(C(=O)NC2CCCCC2)c1O. The molecule has 0 bridgehead atoms. The maximum Gasteiger partial charge on any atom is 0.255 e. The number of nitrogens with one attached hydrogen (secondary N) is 1. The van der Waals surface area contributed by atoms with Crippen LogP contribution in [0.5, 0.6) is 11.5 Å². The van der Waals surface area contributed by atoms with E-state index in [1.807, 2.05) is 6.92 Å². The average molecular weight is 440 g/mol. The fourth-order valence-electron chi connectivity index (χ4n) is 5.48. The average Bonchev–Trinajstić information content (AvgIpc) is 2.74. The van der Waals surface area contributed by atoms with Crippen LogP contribution in [0.3, 0.4) is 0 Å². The van der Waals surface area contributed by atoms with E-state index < -0.39 is 0 Å². The molecule has 176 valence electrons. The van der Waals surface area contributed by atoms with Crippen molar-refractivity contribution in [3.8, 4) is 11.5 Å². The van der Waals surface area contributed by atoms with Crippen molar-refractivity contribution in [1.82, 2.24) is 5.32 Å². The van der Waals surface area contributed by atoms with Crippen LogP contribution in [0.15, 0.2) is 29.9 Å². The number of allylic oxidation sites excluding steroid dienone is 3. The van der Waals surface area contributed by atoms with Crippen LogP contribution >= 0.6 is 0 Å². The fraction of sp³-hybridized carbons (Fsp3) is 0.607. The summed E-state index contributed by atoms with van der Waals surface area (Å²) in [7, 11) is 0. The van der Waals surface area contributed by atoms with Gasteiger partial charge in [0.05, 0.1) is 5.56 Å². The normalized spacial score (nSPS) is 21.8. The number of phenols is 2. The molecule has 32 heavy (non-hydrogen) atoms. The number of aryl methyl sites for hydroxylation is 1. The minimum atomic E-state index is -0.203. The summed E-state index contributed by atoms with van der Waals surface area (Å²) in [6, 6.07) is 1.89. The van der Waals surface area contributed by atoms with E-state index in [9.17, 15) is 15.0 Å². The van der Waals surface area contributed by atoms with Gasteiger partial charge in [-0.2, -0.15) is 0 Å². The number of rotatable bonds is 8. The van der Waals surface area contributed by atoms with Crippen LogP contribution in [0, 0.1) is 5.92 Å². The fourth-order valence-corrected chi connectivity index (χ4v) is 5.48. The number of benzene rings is 1. The van der Waals surface area contributed by atoms with Crippen LogP contribution in [0.4, 0.5) is 0 Å². The zero-order valence-corrected chi connectivity index (χ0v) is 20.2. The lowest BCUT2D eigenvalue weighted by molar-refractivity contribution is 0.0923. The second-order valence-corrected chi connectivity index (χ2v) is 9.99. The molecular weight excluding hydrogens is 398 g/mol. The molecular formula is C28H41NO3. The minimum absolute atomic E-state index is 0.0491. The van der Waals surface area contributed by atoms with Gasteiger partial charge in [0.15, 0.2) is 0 Å². The van der Waals surface area contributed by atoms with Crippen molar-refractivity contribution >= 4 is 5.91 Å². The van der Waals surface area contributed by atoms with E-state index in [1.54, 1.807) is 6.07 Å². The molecule has 2 unspecified atom stereocenters. The Morgan fingerprint density at radius 2 is 1.88 bits per heavy atom. The van der Waals surface area contributed by atoms with Gasteiger partial charge in [-0.15, -0.1) is 0 Å². The summed E-state index contributed by atoms with van der Waals surface area (Å²) in [5.74, 6) is -0.203.